The minimum absolute atomic E-state index is 0.789. The molecule has 0 aliphatic carbocycles. The topological polar surface area (TPSA) is 0 Å². The molecule has 0 bridgehead atoms. The van der Waals surface area contributed by atoms with Crippen LogP contribution in [-0.4, -0.2) is 0 Å². The zero-order valence-corrected chi connectivity index (χ0v) is 7.86. The van der Waals surface area contributed by atoms with Gasteiger partial charge in [0.05, 0.1) is 0 Å². The summed E-state index contributed by atoms with van der Waals surface area (Å²) in [7, 11) is 0. The van der Waals surface area contributed by atoms with Crippen molar-refractivity contribution in [2.45, 2.75) is 19.8 Å². The summed E-state index contributed by atoms with van der Waals surface area (Å²) in [5.74, 6) is 2.63. The van der Waals surface area contributed by atoms with E-state index in [9.17, 15) is 0 Å². The first-order valence-corrected chi connectivity index (χ1v) is 4.30. The molecule has 62 valence electrons. The Hall–Kier alpha value is -0.930. The van der Waals surface area contributed by atoms with Gasteiger partial charge in [-0.1, -0.05) is 17.7 Å². The maximum Gasteiger partial charge on any atom is 0.0408 e. The predicted molar refractivity (Wildman–Crippen MR) is 53.3 cm³/mol. The van der Waals surface area contributed by atoms with Crippen molar-refractivity contribution in [2.24, 2.45) is 0 Å². The molecule has 1 rings (SSSR count). The lowest BCUT2D eigenvalue weighted by Gasteiger charge is -2.02. The van der Waals surface area contributed by atoms with E-state index < -0.39 is 0 Å². The molecule has 12 heavy (non-hydrogen) atoms. The van der Waals surface area contributed by atoms with Gasteiger partial charge in [-0.2, -0.15) is 0 Å². The van der Waals surface area contributed by atoms with Gasteiger partial charge in [-0.3, -0.25) is 0 Å². The molecule has 1 heteroatoms. The normalized spacial score (nSPS) is 9.42. The average Bonchev–Trinajstić information content (AvgIpc) is 2.03. The summed E-state index contributed by atoms with van der Waals surface area (Å²) in [5.41, 5.74) is 2.51. The highest BCUT2D eigenvalue weighted by Gasteiger charge is 1.97. The van der Waals surface area contributed by atoms with E-state index in [0.29, 0.717) is 0 Å². The molecular formula is C11H11Cl. The molecular weight excluding hydrogens is 168 g/mol. The fourth-order valence-corrected chi connectivity index (χ4v) is 1.37. The molecule has 0 aliphatic rings. The van der Waals surface area contributed by atoms with Crippen LogP contribution in [0.5, 0.6) is 0 Å². The van der Waals surface area contributed by atoms with E-state index in [0.717, 1.165) is 17.9 Å². The maximum absolute atomic E-state index is 5.81. The number of rotatable bonds is 2. The third kappa shape index (κ3) is 2.29. The SMILES string of the molecule is C#CCCc1ccc(Cl)cc1C. The van der Waals surface area contributed by atoms with E-state index in [1.54, 1.807) is 0 Å². The Morgan fingerprint density at radius 1 is 1.50 bits per heavy atom. The van der Waals surface area contributed by atoms with Gasteiger partial charge in [0.15, 0.2) is 0 Å². The smallest absolute Gasteiger partial charge is 0.0408 e. The minimum Gasteiger partial charge on any atom is -0.120 e. The van der Waals surface area contributed by atoms with Gasteiger partial charge in [0.2, 0.25) is 0 Å². The van der Waals surface area contributed by atoms with Gasteiger partial charge in [0.1, 0.15) is 0 Å². The molecule has 0 nitrogen and oxygen atoms in total. The predicted octanol–water partition coefficient (Wildman–Crippen LogP) is 3.21. The summed E-state index contributed by atoms with van der Waals surface area (Å²) in [5, 5.41) is 0.789. The van der Waals surface area contributed by atoms with Crippen LogP contribution in [0.2, 0.25) is 5.02 Å². The number of hydrogen-bond donors (Lipinski definition) is 0. The molecule has 0 atom stereocenters. The van der Waals surface area contributed by atoms with Crippen molar-refractivity contribution in [1.82, 2.24) is 0 Å². The Bertz CT molecular complexity index is 307. The van der Waals surface area contributed by atoms with Crippen LogP contribution in [0.3, 0.4) is 0 Å². The van der Waals surface area contributed by atoms with Crippen molar-refractivity contribution in [2.75, 3.05) is 0 Å². The maximum atomic E-state index is 5.81. The van der Waals surface area contributed by atoms with Crippen molar-refractivity contribution < 1.29 is 0 Å². The van der Waals surface area contributed by atoms with Crippen molar-refractivity contribution in [3.63, 3.8) is 0 Å². The Morgan fingerprint density at radius 2 is 2.25 bits per heavy atom. The molecule has 0 saturated carbocycles. The molecule has 1 aromatic carbocycles. The van der Waals surface area contributed by atoms with Crippen molar-refractivity contribution in [3.05, 3.63) is 34.3 Å². The van der Waals surface area contributed by atoms with E-state index in [1.807, 2.05) is 18.2 Å². The summed E-state index contributed by atoms with van der Waals surface area (Å²) in [4.78, 5) is 0. The van der Waals surface area contributed by atoms with E-state index in [1.165, 1.54) is 11.1 Å². The van der Waals surface area contributed by atoms with Gasteiger partial charge in [0, 0.05) is 11.4 Å². The lowest BCUT2D eigenvalue weighted by molar-refractivity contribution is 1.01. The molecule has 1 aromatic rings. The van der Waals surface area contributed by atoms with Crippen molar-refractivity contribution >= 4 is 11.6 Å². The first-order chi connectivity index (χ1) is 5.74. The quantitative estimate of drug-likeness (QED) is 0.611. The molecule has 0 amide bonds. The van der Waals surface area contributed by atoms with Gasteiger partial charge in [-0.05, 0) is 36.6 Å². The molecule has 0 N–H and O–H groups in total. The largest absolute Gasteiger partial charge is 0.120 e. The van der Waals surface area contributed by atoms with Crippen molar-refractivity contribution in [3.8, 4) is 12.3 Å². The van der Waals surface area contributed by atoms with E-state index >= 15 is 0 Å². The minimum atomic E-state index is 0.789. The summed E-state index contributed by atoms with van der Waals surface area (Å²) in [6.07, 6.45) is 6.92. The van der Waals surface area contributed by atoms with Gasteiger partial charge >= 0.3 is 0 Å². The number of hydrogen-bond acceptors (Lipinski definition) is 0. The Balaban J connectivity index is 2.81. The molecule has 0 aliphatic heterocycles. The van der Waals surface area contributed by atoms with Crippen LogP contribution in [0, 0.1) is 19.3 Å². The van der Waals surface area contributed by atoms with Gasteiger partial charge in [0.25, 0.3) is 0 Å². The van der Waals surface area contributed by atoms with Gasteiger partial charge in [-0.15, -0.1) is 12.3 Å². The Kier molecular flexibility index (Phi) is 3.19. The molecule has 0 radical (unpaired) electrons. The lowest BCUT2D eigenvalue weighted by Crippen LogP contribution is -1.87. The molecule has 0 aromatic heterocycles. The first-order valence-electron chi connectivity index (χ1n) is 3.92. The monoisotopic (exact) mass is 178 g/mol. The van der Waals surface area contributed by atoms with E-state index in [-0.39, 0.29) is 0 Å². The number of benzene rings is 1. The number of terminal acetylenes is 1. The number of aryl methyl sites for hydroxylation is 2. The van der Waals surface area contributed by atoms with Crippen LogP contribution in [0.1, 0.15) is 17.5 Å². The second kappa shape index (κ2) is 4.18. The average molecular weight is 179 g/mol. The first kappa shape index (κ1) is 9.16. The molecule has 0 fully saturated rings. The van der Waals surface area contributed by atoms with E-state index in [2.05, 4.69) is 12.8 Å². The summed E-state index contributed by atoms with van der Waals surface area (Å²) in [6.45, 7) is 2.05. The highest BCUT2D eigenvalue weighted by molar-refractivity contribution is 6.30. The van der Waals surface area contributed by atoms with E-state index in [4.69, 9.17) is 18.0 Å². The van der Waals surface area contributed by atoms with Crippen LogP contribution in [0.25, 0.3) is 0 Å². The Labute approximate surface area is 78.6 Å². The van der Waals surface area contributed by atoms with Crippen LogP contribution in [-0.2, 0) is 6.42 Å². The second-order valence-electron chi connectivity index (χ2n) is 2.77. The van der Waals surface area contributed by atoms with Gasteiger partial charge < -0.3 is 0 Å². The van der Waals surface area contributed by atoms with Crippen LogP contribution in [0.15, 0.2) is 18.2 Å². The second-order valence-corrected chi connectivity index (χ2v) is 3.21. The molecule has 0 unspecified atom stereocenters. The van der Waals surface area contributed by atoms with Crippen LogP contribution < -0.4 is 0 Å². The van der Waals surface area contributed by atoms with Gasteiger partial charge in [-0.25, -0.2) is 0 Å². The summed E-state index contributed by atoms with van der Waals surface area (Å²) < 4.78 is 0. The highest BCUT2D eigenvalue weighted by Crippen LogP contribution is 2.16. The summed E-state index contributed by atoms with van der Waals surface area (Å²) in [6, 6.07) is 5.91. The fraction of sp³-hybridized carbons (Fsp3) is 0.273. The molecule has 0 saturated heterocycles. The number of halogens is 1. The Morgan fingerprint density at radius 3 is 2.83 bits per heavy atom. The summed E-state index contributed by atoms with van der Waals surface area (Å²) >= 11 is 5.81. The highest BCUT2D eigenvalue weighted by atomic mass is 35.5. The third-order valence-corrected chi connectivity index (χ3v) is 2.08. The van der Waals surface area contributed by atoms with Crippen LogP contribution in [0.4, 0.5) is 0 Å². The molecule has 0 spiro atoms. The lowest BCUT2D eigenvalue weighted by atomic mass is 10.0. The van der Waals surface area contributed by atoms with Crippen molar-refractivity contribution in [1.29, 1.82) is 0 Å². The fourth-order valence-electron chi connectivity index (χ4n) is 1.15. The zero-order valence-electron chi connectivity index (χ0n) is 7.10. The zero-order chi connectivity index (χ0) is 8.97. The third-order valence-electron chi connectivity index (χ3n) is 1.84. The molecule has 0 heterocycles. The standard InChI is InChI=1S/C11H11Cl/c1-3-4-5-10-6-7-11(12)8-9(10)2/h1,6-8H,4-5H2,2H3. The van der Waals surface area contributed by atoms with Crippen LogP contribution >= 0.6 is 11.6 Å².